The normalized spacial score (nSPS) is 35.0. The van der Waals surface area contributed by atoms with Crippen molar-refractivity contribution in [1.82, 2.24) is 10.0 Å². The summed E-state index contributed by atoms with van der Waals surface area (Å²) in [5, 5.41) is 2.93. The lowest BCUT2D eigenvalue weighted by molar-refractivity contribution is 0.410. The van der Waals surface area contributed by atoms with Gasteiger partial charge in [0.25, 0.3) is 0 Å². The van der Waals surface area contributed by atoms with Crippen LogP contribution in [0.25, 0.3) is 0 Å². The average molecular weight is 260 g/mol. The van der Waals surface area contributed by atoms with E-state index in [2.05, 4.69) is 17.0 Å². The first-order chi connectivity index (χ1) is 8.09. The summed E-state index contributed by atoms with van der Waals surface area (Å²) in [7, 11) is -3.11. The molecule has 0 spiro atoms. The van der Waals surface area contributed by atoms with E-state index in [0.29, 0.717) is 24.9 Å². The number of hydrogen-bond donors (Lipinski definition) is 2. The van der Waals surface area contributed by atoms with Gasteiger partial charge in [0.05, 0.1) is 5.25 Å². The monoisotopic (exact) mass is 260 g/mol. The van der Waals surface area contributed by atoms with Crippen LogP contribution in [0.5, 0.6) is 0 Å². The zero-order valence-corrected chi connectivity index (χ0v) is 11.4. The molecule has 0 radical (unpaired) electrons. The maximum Gasteiger partial charge on any atom is 0.215 e. The summed E-state index contributed by atoms with van der Waals surface area (Å²) in [6, 6.07) is 0. The van der Waals surface area contributed by atoms with Crippen LogP contribution in [-0.4, -0.2) is 33.3 Å². The van der Waals surface area contributed by atoms with E-state index in [1.807, 2.05) is 0 Å². The Kier molecular flexibility index (Phi) is 4.44. The van der Waals surface area contributed by atoms with Gasteiger partial charge in [0.2, 0.25) is 10.0 Å². The third-order valence-corrected chi connectivity index (χ3v) is 6.13. The van der Waals surface area contributed by atoms with E-state index in [-0.39, 0.29) is 5.25 Å². The molecule has 1 saturated heterocycles. The van der Waals surface area contributed by atoms with Gasteiger partial charge in [-0.3, -0.25) is 0 Å². The second-order valence-corrected chi connectivity index (χ2v) is 7.58. The molecule has 100 valence electrons. The Morgan fingerprint density at radius 2 is 2.06 bits per heavy atom. The molecule has 2 aliphatic rings. The predicted molar refractivity (Wildman–Crippen MR) is 69.3 cm³/mol. The quantitative estimate of drug-likeness (QED) is 0.795. The van der Waals surface area contributed by atoms with Crippen LogP contribution in [0.3, 0.4) is 0 Å². The van der Waals surface area contributed by atoms with Crippen molar-refractivity contribution >= 4 is 10.0 Å². The molecule has 5 heteroatoms. The zero-order valence-electron chi connectivity index (χ0n) is 10.6. The van der Waals surface area contributed by atoms with Crippen molar-refractivity contribution in [3.8, 4) is 0 Å². The molecule has 1 heterocycles. The highest BCUT2D eigenvalue weighted by Crippen LogP contribution is 2.30. The fourth-order valence-corrected chi connectivity index (χ4v) is 4.45. The van der Waals surface area contributed by atoms with Gasteiger partial charge in [-0.2, -0.15) is 0 Å². The summed E-state index contributed by atoms with van der Waals surface area (Å²) in [6.45, 7) is 4.43. The number of hydrogen-bond acceptors (Lipinski definition) is 3. The number of piperidine rings is 1. The fraction of sp³-hybridized carbons (Fsp3) is 1.00. The summed E-state index contributed by atoms with van der Waals surface area (Å²) in [4.78, 5) is 0. The molecule has 1 saturated carbocycles. The summed E-state index contributed by atoms with van der Waals surface area (Å²) in [5.74, 6) is 1.21. The van der Waals surface area contributed by atoms with E-state index in [1.54, 1.807) is 0 Å². The number of rotatable bonds is 4. The van der Waals surface area contributed by atoms with Gasteiger partial charge in [-0.15, -0.1) is 0 Å². The van der Waals surface area contributed by atoms with Crippen molar-refractivity contribution in [2.24, 2.45) is 11.8 Å². The maximum atomic E-state index is 12.1. The highest BCUT2D eigenvalue weighted by molar-refractivity contribution is 7.90. The highest BCUT2D eigenvalue weighted by Gasteiger charge is 2.29. The van der Waals surface area contributed by atoms with Crippen molar-refractivity contribution in [3.05, 3.63) is 0 Å². The van der Waals surface area contributed by atoms with Crippen molar-refractivity contribution in [2.45, 2.75) is 44.3 Å². The SMILES string of the molecule is CC1CCCC1CNS(=O)(=O)C1CCCNC1. The van der Waals surface area contributed by atoms with Crippen molar-refractivity contribution in [1.29, 1.82) is 0 Å². The van der Waals surface area contributed by atoms with Crippen molar-refractivity contribution < 1.29 is 8.42 Å². The molecule has 2 N–H and O–H groups in total. The Morgan fingerprint density at radius 1 is 1.24 bits per heavy atom. The van der Waals surface area contributed by atoms with Crippen LogP contribution in [0.15, 0.2) is 0 Å². The third kappa shape index (κ3) is 3.42. The molecule has 0 aromatic carbocycles. The van der Waals surface area contributed by atoms with E-state index < -0.39 is 10.0 Å². The molecule has 4 nitrogen and oxygen atoms in total. The average Bonchev–Trinajstić information content (AvgIpc) is 2.74. The molecule has 2 rings (SSSR count). The molecular formula is C12H24N2O2S. The molecule has 1 aliphatic carbocycles. The van der Waals surface area contributed by atoms with E-state index >= 15 is 0 Å². The van der Waals surface area contributed by atoms with Gasteiger partial charge >= 0.3 is 0 Å². The van der Waals surface area contributed by atoms with Crippen LogP contribution < -0.4 is 10.0 Å². The summed E-state index contributed by atoms with van der Waals surface area (Å²) in [5.41, 5.74) is 0. The van der Waals surface area contributed by atoms with Gasteiger partial charge in [0.1, 0.15) is 0 Å². The minimum atomic E-state index is -3.11. The first-order valence-corrected chi connectivity index (χ1v) is 8.33. The molecule has 0 amide bonds. The third-order valence-electron chi connectivity index (χ3n) is 4.28. The molecule has 2 fully saturated rings. The van der Waals surface area contributed by atoms with Gasteiger partial charge < -0.3 is 5.32 Å². The summed E-state index contributed by atoms with van der Waals surface area (Å²) >= 11 is 0. The van der Waals surface area contributed by atoms with Crippen LogP contribution in [0.4, 0.5) is 0 Å². The van der Waals surface area contributed by atoms with Gasteiger partial charge in [-0.1, -0.05) is 19.8 Å². The van der Waals surface area contributed by atoms with Crippen molar-refractivity contribution in [3.63, 3.8) is 0 Å². The van der Waals surface area contributed by atoms with Gasteiger partial charge in [0, 0.05) is 13.1 Å². The van der Waals surface area contributed by atoms with Crippen molar-refractivity contribution in [2.75, 3.05) is 19.6 Å². The molecule has 0 aromatic heterocycles. The van der Waals surface area contributed by atoms with Crippen LogP contribution in [0, 0.1) is 11.8 Å². The fourth-order valence-electron chi connectivity index (χ4n) is 2.95. The Morgan fingerprint density at radius 3 is 2.65 bits per heavy atom. The smallest absolute Gasteiger partial charge is 0.215 e. The second kappa shape index (κ2) is 5.67. The zero-order chi connectivity index (χ0) is 12.3. The lowest BCUT2D eigenvalue weighted by Gasteiger charge is -2.24. The Hall–Kier alpha value is -0.130. The topological polar surface area (TPSA) is 58.2 Å². The van der Waals surface area contributed by atoms with Crippen LogP contribution in [-0.2, 0) is 10.0 Å². The second-order valence-electron chi connectivity index (χ2n) is 5.53. The van der Waals surface area contributed by atoms with E-state index in [9.17, 15) is 8.42 Å². The maximum absolute atomic E-state index is 12.1. The van der Waals surface area contributed by atoms with Gasteiger partial charge in [-0.05, 0) is 37.6 Å². The molecule has 0 bridgehead atoms. The van der Waals surface area contributed by atoms with Crippen LogP contribution in [0.1, 0.15) is 39.0 Å². The summed E-state index contributed by atoms with van der Waals surface area (Å²) < 4.78 is 27.0. The lowest BCUT2D eigenvalue weighted by Crippen LogP contribution is -2.45. The Balaban J connectivity index is 1.84. The lowest BCUT2D eigenvalue weighted by atomic mass is 9.99. The Labute approximate surface area is 105 Å². The van der Waals surface area contributed by atoms with Crippen LogP contribution >= 0.6 is 0 Å². The largest absolute Gasteiger partial charge is 0.315 e. The minimum Gasteiger partial charge on any atom is -0.315 e. The minimum absolute atomic E-state index is 0.229. The number of nitrogens with one attached hydrogen (secondary N) is 2. The molecule has 1 aliphatic heterocycles. The molecule has 3 unspecified atom stereocenters. The standard InChI is InChI=1S/C12H24N2O2S/c1-10-4-2-5-11(10)8-14-17(15,16)12-6-3-7-13-9-12/h10-14H,2-9H2,1H3. The molecular weight excluding hydrogens is 236 g/mol. The summed E-state index contributed by atoms with van der Waals surface area (Å²) in [6.07, 6.45) is 5.43. The first kappa shape index (κ1) is 13.3. The van der Waals surface area contributed by atoms with Crippen LogP contribution in [0.2, 0.25) is 0 Å². The molecule has 3 atom stereocenters. The van der Waals surface area contributed by atoms with E-state index in [0.717, 1.165) is 19.4 Å². The predicted octanol–water partition coefficient (Wildman–Crippen LogP) is 1.09. The highest BCUT2D eigenvalue weighted by atomic mass is 32.2. The molecule has 17 heavy (non-hydrogen) atoms. The van der Waals surface area contributed by atoms with Gasteiger partial charge in [-0.25, -0.2) is 13.1 Å². The Bertz CT molecular complexity index is 336. The van der Waals surface area contributed by atoms with Gasteiger partial charge in [0.15, 0.2) is 0 Å². The van der Waals surface area contributed by atoms with E-state index in [4.69, 9.17) is 0 Å². The number of sulfonamides is 1. The first-order valence-electron chi connectivity index (χ1n) is 6.79. The molecule has 0 aromatic rings. The van der Waals surface area contributed by atoms with E-state index in [1.165, 1.54) is 19.3 Å².